The van der Waals surface area contributed by atoms with Gasteiger partial charge in [0.2, 0.25) is 0 Å². The van der Waals surface area contributed by atoms with Crippen LogP contribution in [0.2, 0.25) is 5.02 Å². The van der Waals surface area contributed by atoms with Gasteiger partial charge in [0, 0.05) is 16.1 Å². The van der Waals surface area contributed by atoms with Crippen LogP contribution in [0.15, 0.2) is 101 Å². The van der Waals surface area contributed by atoms with E-state index in [2.05, 4.69) is 5.32 Å². The molecule has 2 aromatic heterocycles. The van der Waals surface area contributed by atoms with Crippen molar-refractivity contribution in [2.45, 2.75) is 17.6 Å². The van der Waals surface area contributed by atoms with E-state index in [4.69, 9.17) is 21.0 Å². The maximum absolute atomic E-state index is 12.8. The van der Waals surface area contributed by atoms with Crippen molar-refractivity contribution in [1.82, 2.24) is 4.98 Å². The zero-order chi connectivity index (χ0) is 26.0. The third kappa shape index (κ3) is 5.67. The molecular weight excluding hydrogens is 528 g/mol. The fourth-order valence-electron chi connectivity index (χ4n) is 3.70. The summed E-state index contributed by atoms with van der Waals surface area (Å²) in [6.07, 6.45) is 1.45. The summed E-state index contributed by atoms with van der Waals surface area (Å²) in [7, 11) is -3.51. The number of carbonyl (C=O) groups is 1. The first-order valence-electron chi connectivity index (χ1n) is 11.3. The lowest BCUT2D eigenvalue weighted by molar-refractivity contribution is 0.0997. The van der Waals surface area contributed by atoms with E-state index in [0.717, 1.165) is 16.7 Å². The number of rotatable bonds is 7. The molecule has 1 amide bonds. The van der Waals surface area contributed by atoms with Crippen molar-refractivity contribution in [2.24, 2.45) is 0 Å². The van der Waals surface area contributed by atoms with Crippen molar-refractivity contribution >= 4 is 43.7 Å². The van der Waals surface area contributed by atoms with Gasteiger partial charge in [-0.1, -0.05) is 77.0 Å². The van der Waals surface area contributed by atoms with Crippen molar-refractivity contribution in [3.63, 3.8) is 0 Å². The van der Waals surface area contributed by atoms with Crippen LogP contribution in [0.25, 0.3) is 21.8 Å². The average molecular weight is 549 g/mol. The molecule has 0 aliphatic carbocycles. The Hall–Kier alpha value is -3.72. The molecule has 5 rings (SSSR count). The molecule has 3 aromatic carbocycles. The molecule has 0 bridgehead atoms. The first-order chi connectivity index (χ1) is 17.8. The molecule has 1 N–H and O–H groups in total. The molecule has 0 saturated carbocycles. The van der Waals surface area contributed by atoms with Crippen LogP contribution < -0.4 is 5.32 Å². The molecule has 0 radical (unpaired) electrons. The SMILES string of the molecule is Cc1ccc(-c2nc(-c3ccc(CS(=O)(=O)c4ccc(Cl)cc4)cc3)sc2NC(=O)c2ccco2)cc1. The minimum Gasteiger partial charge on any atom is -0.459 e. The molecule has 0 aliphatic rings. The molecule has 0 spiro atoms. The third-order valence-electron chi connectivity index (χ3n) is 5.65. The number of halogens is 1. The highest BCUT2D eigenvalue weighted by atomic mass is 35.5. The van der Waals surface area contributed by atoms with Crippen LogP contribution in [0.4, 0.5) is 5.00 Å². The molecule has 37 heavy (non-hydrogen) atoms. The summed E-state index contributed by atoms with van der Waals surface area (Å²) >= 11 is 7.22. The molecule has 0 saturated heterocycles. The zero-order valence-corrected chi connectivity index (χ0v) is 22.0. The fourth-order valence-corrected chi connectivity index (χ4v) is 6.16. The Balaban J connectivity index is 1.43. The van der Waals surface area contributed by atoms with Crippen molar-refractivity contribution in [2.75, 3.05) is 5.32 Å². The summed E-state index contributed by atoms with van der Waals surface area (Å²) in [5.41, 5.74) is 4.09. The molecule has 186 valence electrons. The number of nitrogens with one attached hydrogen (secondary N) is 1. The predicted molar refractivity (Wildman–Crippen MR) is 147 cm³/mol. The minimum absolute atomic E-state index is 0.133. The number of anilines is 1. The lowest BCUT2D eigenvalue weighted by Crippen LogP contribution is -2.10. The van der Waals surface area contributed by atoms with Gasteiger partial charge in [-0.3, -0.25) is 4.79 Å². The summed E-state index contributed by atoms with van der Waals surface area (Å²) < 4.78 is 30.8. The number of benzene rings is 3. The average Bonchev–Trinajstić information content (AvgIpc) is 3.56. The smallest absolute Gasteiger partial charge is 0.292 e. The van der Waals surface area contributed by atoms with Gasteiger partial charge in [-0.25, -0.2) is 13.4 Å². The Kier molecular flexibility index (Phi) is 6.97. The summed E-state index contributed by atoms with van der Waals surface area (Å²) in [6, 6.07) is 24.5. The highest BCUT2D eigenvalue weighted by molar-refractivity contribution is 7.90. The van der Waals surface area contributed by atoms with Gasteiger partial charge in [0.15, 0.2) is 15.6 Å². The van der Waals surface area contributed by atoms with E-state index in [-0.39, 0.29) is 22.3 Å². The van der Waals surface area contributed by atoms with Crippen molar-refractivity contribution in [3.8, 4) is 21.8 Å². The highest BCUT2D eigenvalue weighted by Gasteiger charge is 2.19. The van der Waals surface area contributed by atoms with Crippen LogP contribution in [0.3, 0.4) is 0 Å². The Morgan fingerprint density at radius 3 is 2.27 bits per heavy atom. The van der Waals surface area contributed by atoms with Crippen LogP contribution in [-0.2, 0) is 15.6 Å². The number of nitrogens with zero attached hydrogens (tertiary/aromatic N) is 1. The zero-order valence-electron chi connectivity index (χ0n) is 19.6. The number of carbonyl (C=O) groups excluding carboxylic acids is 1. The normalized spacial score (nSPS) is 11.4. The maximum atomic E-state index is 12.8. The van der Waals surface area contributed by atoms with Gasteiger partial charge >= 0.3 is 0 Å². The molecule has 5 aromatic rings. The van der Waals surface area contributed by atoms with Crippen molar-refractivity contribution in [1.29, 1.82) is 0 Å². The van der Waals surface area contributed by atoms with E-state index in [1.54, 1.807) is 36.4 Å². The molecule has 0 unspecified atom stereocenters. The second-order valence-corrected chi connectivity index (χ2v) is 11.8. The predicted octanol–water partition coefficient (Wildman–Crippen LogP) is 7.26. The summed E-state index contributed by atoms with van der Waals surface area (Å²) in [4.78, 5) is 17.7. The van der Waals surface area contributed by atoms with Crippen LogP contribution in [-0.4, -0.2) is 19.3 Å². The number of amides is 1. The maximum Gasteiger partial charge on any atom is 0.292 e. The molecular formula is C28H21ClN2O4S2. The van der Waals surface area contributed by atoms with E-state index in [1.165, 1.54) is 29.7 Å². The Morgan fingerprint density at radius 1 is 0.946 bits per heavy atom. The lowest BCUT2D eigenvalue weighted by Gasteiger charge is -2.06. The summed E-state index contributed by atoms with van der Waals surface area (Å²) in [6.45, 7) is 2.00. The molecule has 0 aliphatic heterocycles. The number of hydrogen-bond donors (Lipinski definition) is 1. The van der Waals surface area contributed by atoms with Crippen LogP contribution in [0.5, 0.6) is 0 Å². The standard InChI is InChI=1S/C28H21ClN2O4S2/c1-18-4-8-20(9-5-18)25-28(31-26(32)24-3-2-16-35-24)36-27(30-25)21-10-6-19(7-11-21)17-37(33,34)23-14-12-22(29)13-15-23/h2-16H,17H2,1H3,(H,31,32). The Labute approximate surface area is 223 Å². The van der Waals surface area contributed by atoms with Crippen molar-refractivity contribution in [3.05, 3.63) is 113 Å². The van der Waals surface area contributed by atoms with E-state index >= 15 is 0 Å². The van der Waals surface area contributed by atoms with Gasteiger partial charge in [0.05, 0.1) is 16.9 Å². The molecule has 0 atom stereocenters. The van der Waals surface area contributed by atoms with E-state index in [0.29, 0.717) is 26.3 Å². The number of furan rings is 1. The number of aromatic nitrogens is 1. The second kappa shape index (κ2) is 10.3. The quantitative estimate of drug-likeness (QED) is 0.231. The first kappa shape index (κ1) is 25.0. The van der Waals surface area contributed by atoms with E-state index in [1.807, 2.05) is 43.3 Å². The van der Waals surface area contributed by atoms with Gasteiger partial charge in [-0.2, -0.15) is 0 Å². The molecule has 0 fully saturated rings. The van der Waals surface area contributed by atoms with Crippen LogP contribution >= 0.6 is 22.9 Å². The second-order valence-electron chi connectivity index (χ2n) is 8.40. The first-order valence-corrected chi connectivity index (χ1v) is 14.1. The van der Waals surface area contributed by atoms with Crippen LogP contribution in [0, 0.1) is 6.92 Å². The van der Waals surface area contributed by atoms with Crippen LogP contribution in [0.1, 0.15) is 21.7 Å². The van der Waals surface area contributed by atoms with E-state index < -0.39 is 9.84 Å². The molecule has 9 heteroatoms. The molecule has 2 heterocycles. The van der Waals surface area contributed by atoms with Gasteiger partial charge in [0.1, 0.15) is 15.7 Å². The number of sulfone groups is 1. The van der Waals surface area contributed by atoms with Crippen molar-refractivity contribution < 1.29 is 17.6 Å². The van der Waals surface area contributed by atoms with Gasteiger partial charge in [-0.05, 0) is 48.9 Å². The monoisotopic (exact) mass is 548 g/mol. The number of hydrogen-bond acceptors (Lipinski definition) is 6. The lowest BCUT2D eigenvalue weighted by atomic mass is 10.1. The fraction of sp³-hybridized carbons (Fsp3) is 0.0714. The Morgan fingerprint density at radius 2 is 1.62 bits per heavy atom. The third-order valence-corrected chi connectivity index (χ3v) is 8.63. The number of aryl methyl sites for hydroxylation is 1. The minimum atomic E-state index is -3.51. The van der Waals surface area contributed by atoms with E-state index in [9.17, 15) is 13.2 Å². The van der Waals surface area contributed by atoms with Gasteiger partial charge in [0.25, 0.3) is 5.91 Å². The number of thiazole rings is 1. The summed E-state index contributed by atoms with van der Waals surface area (Å²) in [5, 5.41) is 4.68. The topological polar surface area (TPSA) is 89.3 Å². The Bertz CT molecular complexity index is 1640. The molecule has 6 nitrogen and oxygen atoms in total. The summed E-state index contributed by atoms with van der Waals surface area (Å²) in [5.74, 6) is -0.293. The van der Waals surface area contributed by atoms with Gasteiger partial charge in [-0.15, -0.1) is 0 Å². The highest BCUT2D eigenvalue weighted by Crippen LogP contribution is 2.38. The van der Waals surface area contributed by atoms with Gasteiger partial charge < -0.3 is 9.73 Å². The largest absolute Gasteiger partial charge is 0.459 e.